The largest absolute Gasteiger partial charge is 0.0651 e. The van der Waals surface area contributed by atoms with Gasteiger partial charge in [-0.15, -0.1) is 0 Å². The predicted octanol–water partition coefficient (Wildman–Crippen LogP) is 2.85. The summed E-state index contributed by atoms with van der Waals surface area (Å²) < 4.78 is 0. The van der Waals surface area contributed by atoms with E-state index in [2.05, 4.69) is 33.6 Å². The highest BCUT2D eigenvalue weighted by Crippen LogP contribution is 2.11. The summed E-state index contributed by atoms with van der Waals surface area (Å²) in [5.74, 6) is 0.750. The molecule has 0 saturated carbocycles. The molecule has 0 aromatic heterocycles. The molecule has 0 amide bonds. The highest BCUT2D eigenvalue weighted by Gasteiger charge is 1.99. The molecule has 0 heteroatoms. The fourth-order valence-corrected chi connectivity index (χ4v) is 0.841. The number of hydrogen-bond acceptors (Lipinski definition) is 0. The Kier molecular flexibility index (Phi) is 5.14. The number of hydrogen-bond donors (Lipinski definition) is 0. The van der Waals surface area contributed by atoms with Crippen LogP contribution in [0.2, 0.25) is 0 Å². The Hall–Kier alpha value is 0. The normalized spacial score (nSPS) is 10.5. The van der Waals surface area contributed by atoms with Gasteiger partial charge in [0.2, 0.25) is 0 Å². The van der Waals surface area contributed by atoms with Crippen LogP contribution in [0, 0.1) is 18.8 Å². The van der Waals surface area contributed by atoms with Crippen LogP contribution in [0.5, 0.6) is 0 Å². The molecule has 0 spiro atoms. The summed E-state index contributed by atoms with van der Waals surface area (Å²) in [4.78, 5) is 0. The van der Waals surface area contributed by atoms with Crippen LogP contribution in [-0.4, -0.2) is 0 Å². The average Bonchev–Trinajstić information content (AvgIpc) is 1.83. The standard InChI is InChI=1S/C8H16/c1-4-7-8(5-2)6-3/h5,7-8H,4,6H2,1-3H3. The Morgan fingerprint density at radius 2 is 2.00 bits per heavy atom. The number of rotatable bonds is 4. The van der Waals surface area contributed by atoms with Crippen molar-refractivity contribution in [1.82, 2.24) is 0 Å². The van der Waals surface area contributed by atoms with Gasteiger partial charge in [0.15, 0.2) is 0 Å². The average molecular weight is 112 g/mol. The van der Waals surface area contributed by atoms with Gasteiger partial charge in [0.1, 0.15) is 0 Å². The molecule has 0 aliphatic heterocycles. The third-order valence-electron chi connectivity index (χ3n) is 1.44. The molecule has 2 radical (unpaired) electrons. The lowest BCUT2D eigenvalue weighted by Gasteiger charge is -2.07. The lowest BCUT2D eigenvalue weighted by Crippen LogP contribution is -1.96. The fraction of sp³-hybridized carbons (Fsp3) is 0.750. The molecule has 0 aromatic rings. The van der Waals surface area contributed by atoms with Crippen molar-refractivity contribution in [3.8, 4) is 0 Å². The molecule has 1 atom stereocenters. The van der Waals surface area contributed by atoms with Gasteiger partial charge in [-0.2, -0.15) is 0 Å². The molecular weight excluding hydrogens is 96.1 g/mol. The van der Waals surface area contributed by atoms with Crippen molar-refractivity contribution in [2.75, 3.05) is 0 Å². The van der Waals surface area contributed by atoms with Crippen LogP contribution in [-0.2, 0) is 0 Å². The van der Waals surface area contributed by atoms with E-state index in [-0.39, 0.29) is 0 Å². The Balaban J connectivity index is 3.07. The molecule has 0 aliphatic rings. The zero-order valence-corrected chi connectivity index (χ0v) is 6.15. The maximum Gasteiger partial charge on any atom is -0.0355 e. The predicted molar refractivity (Wildman–Crippen MR) is 38.3 cm³/mol. The molecule has 0 bridgehead atoms. The molecule has 8 heavy (non-hydrogen) atoms. The Morgan fingerprint density at radius 3 is 2.12 bits per heavy atom. The quantitative estimate of drug-likeness (QED) is 0.524. The molecule has 0 nitrogen and oxygen atoms in total. The van der Waals surface area contributed by atoms with Gasteiger partial charge < -0.3 is 0 Å². The highest BCUT2D eigenvalue weighted by molar-refractivity contribution is 4.82. The molecule has 0 heterocycles. The summed E-state index contributed by atoms with van der Waals surface area (Å²) in [6.45, 7) is 6.53. The van der Waals surface area contributed by atoms with E-state index in [9.17, 15) is 0 Å². The molecule has 0 N–H and O–H groups in total. The molecule has 0 aliphatic carbocycles. The van der Waals surface area contributed by atoms with E-state index in [4.69, 9.17) is 0 Å². The summed E-state index contributed by atoms with van der Waals surface area (Å²) in [5.41, 5.74) is 0. The minimum atomic E-state index is 0.750. The lowest BCUT2D eigenvalue weighted by molar-refractivity contribution is 0.647. The van der Waals surface area contributed by atoms with Crippen LogP contribution in [0.15, 0.2) is 0 Å². The van der Waals surface area contributed by atoms with Crippen molar-refractivity contribution >= 4 is 0 Å². The van der Waals surface area contributed by atoms with Crippen molar-refractivity contribution in [2.24, 2.45) is 5.92 Å². The highest BCUT2D eigenvalue weighted by atomic mass is 14.0. The zero-order chi connectivity index (χ0) is 6.41. The van der Waals surface area contributed by atoms with Crippen molar-refractivity contribution < 1.29 is 0 Å². The van der Waals surface area contributed by atoms with Crippen LogP contribution in [0.25, 0.3) is 0 Å². The van der Waals surface area contributed by atoms with Gasteiger partial charge in [-0.25, -0.2) is 0 Å². The van der Waals surface area contributed by atoms with E-state index in [1.807, 2.05) is 0 Å². The first kappa shape index (κ1) is 8.00. The molecule has 48 valence electrons. The lowest BCUT2D eigenvalue weighted by atomic mass is 9.98. The molecule has 0 rings (SSSR count). The summed E-state index contributed by atoms with van der Waals surface area (Å²) in [6, 6.07) is 0. The van der Waals surface area contributed by atoms with E-state index >= 15 is 0 Å². The zero-order valence-electron chi connectivity index (χ0n) is 6.15. The fourth-order valence-electron chi connectivity index (χ4n) is 0.841. The minimum Gasteiger partial charge on any atom is -0.0651 e. The summed E-state index contributed by atoms with van der Waals surface area (Å²) in [7, 11) is 0. The first-order valence-corrected chi connectivity index (χ1v) is 3.47. The van der Waals surface area contributed by atoms with Gasteiger partial charge in [-0.05, 0) is 18.8 Å². The monoisotopic (exact) mass is 112 g/mol. The SMILES string of the molecule is C[CH]C([CH]CC)CC. The Labute approximate surface area is 53.3 Å². The van der Waals surface area contributed by atoms with Crippen LogP contribution in [0.3, 0.4) is 0 Å². The Morgan fingerprint density at radius 1 is 1.38 bits per heavy atom. The second-order valence-corrected chi connectivity index (χ2v) is 2.05. The summed E-state index contributed by atoms with van der Waals surface area (Å²) >= 11 is 0. The molecular formula is C8H16. The van der Waals surface area contributed by atoms with Gasteiger partial charge in [0, 0.05) is 0 Å². The third kappa shape index (κ3) is 3.06. The van der Waals surface area contributed by atoms with E-state index in [1.54, 1.807) is 0 Å². The maximum absolute atomic E-state index is 2.35. The second-order valence-electron chi connectivity index (χ2n) is 2.05. The van der Waals surface area contributed by atoms with Crippen molar-refractivity contribution in [2.45, 2.75) is 33.6 Å². The summed E-state index contributed by atoms with van der Waals surface area (Å²) in [6.07, 6.45) is 7.05. The van der Waals surface area contributed by atoms with Gasteiger partial charge in [-0.1, -0.05) is 33.6 Å². The van der Waals surface area contributed by atoms with E-state index in [0.29, 0.717) is 0 Å². The molecule has 1 unspecified atom stereocenters. The van der Waals surface area contributed by atoms with Crippen LogP contribution in [0.1, 0.15) is 33.6 Å². The van der Waals surface area contributed by atoms with Crippen molar-refractivity contribution in [1.29, 1.82) is 0 Å². The molecule has 0 aromatic carbocycles. The van der Waals surface area contributed by atoms with Crippen molar-refractivity contribution in [3.63, 3.8) is 0 Å². The first-order valence-electron chi connectivity index (χ1n) is 3.47. The van der Waals surface area contributed by atoms with Crippen molar-refractivity contribution in [3.05, 3.63) is 12.8 Å². The topological polar surface area (TPSA) is 0 Å². The molecule has 0 saturated heterocycles. The van der Waals surface area contributed by atoms with Gasteiger partial charge in [0.05, 0.1) is 0 Å². The van der Waals surface area contributed by atoms with Crippen LogP contribution >= 0.6 is 0 Å². The van der Waals surface area contributed by atoms with Gasteiger partial charge in [0.25, 0.3) is 0 Å². The minimum absolute atomic E-state index is 0.750. The van der Waals surface area contributed by atoms with E-state index in [1.165, 1.54) is 12.8 Å². The van der Waals surface area contributed by atoms with Crippen LogP contribution in [0.4, 0.5) is 0 Å². The van der Waals surface area contributed by atoms with E-state index < -0.39 is 0 Å². The maximum atomic E-state index is 2.35. The first-order chi connectivity index (χ1) is 3.85. The summed E-state index contributed by atoms with van der Waals surface area (Å²) in [5, 5.41) is 0. The third-order valence-corrected chi connectivity index (χ3v) is 1.44. The Bertz CT molecular complexity index is 35.3. The van der Waals surface area contributed by atoms with Gasteiger partial charge >= 0.3 is 0 Å². The molecule has 0 fully saturated rings. The smallest absolute Gasteiger partial charge is 0.0355 e. The van der Waals surface area contributed by atoms with Gasteiger partial charge in [-0.3, -0.25) is 0 Å². The second kappa shape index (κ2) is 5.14. The van der Waals surface area contributed by atoms with Crippen LogP contribution < -0.4 is 0 Å². The van der Waals surface area contributed by atoms with E-state index in [0.717, 1.165) is 5.92 Å².